The van der Waals surface area contributed by atoms with Crippen molar-refractivity contribution < 1.29 is 9.90 Å². The van der Waals surface area contributed by atoms with Gasteiger partial charge in [-0.3, -0.25) is 0 Å². The van der Waals surface area contributed by atoms with Crippen LogP contribution in [0, 0.1) is 0 Å². The molecule has 0 amide bonds. The SMILES string of the molecule is O=C([O-])c1cc(Cl)nc2ccc(Br)cc12. The fraction of sp³-hybridized carbons (Fsp3) is 0. The second kappa shape index (κ2) is 3.79. The van der Waals surface area contributed by atoms with E-state index in [1.165, 1.54) is 6.07 Å². The number of aromatic carboxylic acids is 1. The fourth-order valence-corrected chi connectivity index (χ4v) is 1.90. The van der Waals surface area contributed by atoms with Gasteiger partial charge in [-0.05, 0) is 24.3 Å². The topological polar surface area (TPSA) is 53.0 Å². The van der Waals surface area contributed by atoms with Gasteiger partial charge in [0.1, 0.15) is 5.15 Å². The molecule has 0 bridgehead atoms. The van der Waals surface area contributed by atoms with Crippen LogP contribution in [0.1, 0.15) is 10.4 Å². The number of hydrogen-bond donors (Lipinski definition) is 0. The summed E-state index contributed by atoms with van der Waals surface area (Å²) in [5, 5.41) is 11.5. The summed E-state index contributed by atoms with van der Waals surface area (Å²) in [7, 11) is 0. The van der Waals surface area contributed by atoms with E-state index in [4.69, 9.17) is 11.6 Å². The zero-order valence-electron chi connectivity index (χ0n) is 7.33. The van der Waals surface area contributed by atoms with E-state index in [2.05, 4.69) is 20.9 Å². The van der Waals surface area contributed by atoms with Crippen LogP contribution in [-0.4, -0.2) is 11.0 Å². The molecule has 3 nitrogen and oxygen atoms in total. The molecule has 0 radical (unpaired) electrons. The van der Waals surface area contributed by atoms with Gasteiger partial charge in [0.2, 0.25) is 0 Å². The first-order valence-corrected chi connectivity index (χ1v) is 5.22. The molecule has 0 saturated heterocycles. The van der Waals surface area contributed by atoms with E-state index in [0.717, 1.165) is 4.47 Å². The number of rotatable bonds is 1. The van der Waals surface area contributed by atoms with Crippen LogP contribution >= 0.6 is 27.5 Å². The van der Waals surface area contributed by atoms with E-state index < -0.39 is 5.97 Å². The molecule has 15 heavy (non-hydrogen) atoms. The lowest BCUT2D eigenvalue weighted by molar-refractivity contribution is -0.254. The summed E-state index contributed by atoms with van der Waals surface area (Å²) < 4.78 is 0.779. The number of fused-ring (bicyclic) bond motifs is 1. The van der Waals surface area contributed by atoms with Crippen LogP contribution in [0.25, 0.3) is 10.9 Å². The van der Waals surface area contributed by atoms with Crippen LogP contribution in [0.5, 0.6) is 0 Å². The lowest BCUT2D eigenvalue weighted by atomic mass is 10.1. The summed E-state index contributed by atoms with van der Waals surface area (Å²) in [6.07, 6.45) is 0. The minimum atomic E-state index is -1.26. The second-order valence-electron chi connectivity index (χ2n) is 2.94. The first kappa shape index (κ1) is 10.4. The highest BCUT2D eigenvalue weighted by atomic mass is 79.9. The van der Waals surface area contributed by atoms with Crippen LogP contribution in [0.2, 0.25) is 5.15 Å². The van der Waals surface area contributed by atoms with Gasteiger partial charge in [-0.15, -0.1) is 0 Å². The van der Waals surface area contributed by atoms with Gasteiger partial charge in [0.05, 0.1) is 11.5 Å². The third kappa shape index (κ3) is 1.96. The Kier molecular flexibility index (Phi) is 2.63. The van der Waals surface area contributed by atoms with Crippen molar-refractivity contribution in [2.45, 2.75) is 0 Å². The van der Waals surface area contributed by atoms with Crippen molar-refractivity contribution in [3.05, 3.63) is 39.5 Å². The van der Waals surface area contributed by atoms with Crippen molar-refractivity contribution in [2.75, 3.05) is 0 Å². The number of aromatic nitrogens is 1. The van der Waals surface area contributed by atoms with Crippen LogP contribution in [0.15, 0.2) is 28.7 Å². The van der Waals surface area contributed by atoms with Gasteiger partial charge in [-0.1, -0.05) is 27.5 Å². The molecule has 5 heteroatoms. The van der Waals surface area contributed by atoms with Gasteiger partial charge in [-0.25, -0.2) is 4.98 Å². The molecule has 0 spiro atoms. The predicted octanol–water partition coefficient (Wildman–Crippen LogP) is 2.01. The van der Waals surface area contributed by atoms with Gasteiger partial charge in [-0.2, -0.15) is 0 Å². The van der Waals surface area contributed by atoms with E-state index in [1.807, 2.05) is 0 Å². The Morgan fingerprint density at radius 1 is 1.40 bits per heavy atom. The van der Waals surface area contributed by atoms with E-state index >= 15 is 0 Å². The zero-order valence-corrected chi connectivity index (χ0v) is 9.67. The second-order valence-corrected chi connectivity index (χ2v) is 4.24. The Bertz CT molecular complexity index is 556. The molecule has 1 aromatic carbocycles. The first-order valence-electron chi connectivity index (χ1n) is 4.05. The zero-order chi connectivity index (χ0) is 11.0. The maximum absolute atomic E-state index is 10.9. The lowest BCUT2D eigenvalue weighted by Crippen LogP contribution is -2.22. The molecular formula is C10H4BrClNO2-. The Balaban J connectivity index is 2.87. The summed E-state index contributed by atoms with van der Waals surface area (Å²) in [6.45, 7) is 0. The normalized spacial score (nSPS) is 10.5. The van der Waals surface area contributed by atoms with Gasteiger partial charge in [0, 0.05) is 15.4 Å². The van der Waals surface area contributed by atoms with E-state index in [0.29, 0.717) is 10.9 Å². The highest BCUT2D eigenvalue weighted by molar-refractivity contribution is 9.10. The highest BCUT2D eigenvalue weighted by Crippen LogP contribution is 2.23. The van der Waals surface area contributed by atoms with Crippen molar-refractivity contribution in [2.24, 2.45) is 0 Å². The molecule has 0 atom stereocenters. The molecule has 2 rings (SSSR count). The molecule has 2 aromatic rings. The highest BCUT2D eigenvalue weighted by Gasteiger charge is 2.05. The average Bonchev–Trinajstić information content (AvgIpc) is 2.17. The summed E-state index contributed by atoms with van der Waals surface area (Å²) in [5.41, 5.74) is 0.580. The maximum atomic E-state index is 10.9. The number of pyridine rings is 1. The summed E-state index contributed by atoms with van der Waals surface area (Å²) >= 11 is 8.95. The van der Waals surface area contributed by atoms with Crippen LogP contribution < -0.4 is 5.11 Å². The first-order chi connectivity index (χ1) is 7.08. The van der Waals surface area contributed by atoms with Crippen LogP contribution in [0.4, 0.5) is 0 Å². The minimum Gasteiger partial charge on any atom is -0.545 e. The summed E-state index contributed by atoms with van der Waals surface area (Å²) in [4.78, 5) is 14.9. The molecule has 1 aromatic heterocycles. The van der Waals surface area contributed by atoms with Crippen molar-refractivity contribution in [1.82, 2.24) is 4.98 Å². The number of benzene rings is 1. The smallest absolute Gasteiger partial charge is 0.130 e. The van der Waals surface area contributed by atoms with Crippen molar-refractivity contribution in [3.8, 4) is 0 Å². The van der Waals surface area contributed by atoms with Crippen molar-refractivity contribution in [1.29, 1.82) is 0 Å². The maximum Gasteiger partial charge on any atom is 0.130 e. The lowest BCUT2D eigenvalue weighted by Gasteiger charge is -2.07. The standard InChI is InChI=1S/C10H5BrClNO2/c11-5-1-2-8-6(3-5)7(10(14)15)4-9(12)13-8/h1-4H,(H,14,15)/p-1. The Morgan fingerprint density at radius 3 is 2.80 bits per heavy atom. The molecule has 0 saturated carbocycles. The number of carboxylic acids is 1. The Labute approximate surface area is 98.8 Å². The molecule has 76 valence electrons. The number of nitrogens with zero attached hydrogens (tertiary/aromatic N) is 1. The fourth-order valence-electron chi connectivity index (χ4n) is 1.33. The average molecular weight is 286 g/mol. The molecule has 0 aliphatic rings. The number of carboxylic acid groups (broad SMARTS) is 1. The number of carbonyl (C=O) groups is 1. The van der Waals surface area contributed by atoms with E-state index in [1.54, 1.807) is 18.2 Å². The summed E-state index contributed by atoms with van der Waals surface area (Å²) in [6, 6.07) is 6.41. The molecule has 0 fully saturated rings. The third-order valence-corrected chi connectivity index (χ3v) is 2.65. The predicted molar refractivity (Wildman–Crippen MR) is 58.8 cm³/mol. The molecule has 0 unspecified atom stereocenters. The summed E-state index contributed by atoms with van der Waals surface area (Å²) in [5.74, 6) is -1.26. The van der Waals surface area contributed by atoms with Crippen molar-refractivity contribution >= 4 is 44.4 Å². The third-order valence-electron chi connectivity index (χ3n) is 1.96. The van der Waals surface area contributed by atoms with Gasteiger partial charge < -0.3 is 9.90 Å². The van der Waals surface area contributed by atoms with Gasteiger partial charge >= 0.3 is 0 Å². The molecule has 1 heterocycles. The minimum absolute atomic E-state index is 0.0475. The van der Waals surface area contributed by atoms with E-state index in [9.17, 15) is 9.90 Å². The number of hydrogen-bond acceptors (Lipinski definition) is 3. The monoisotopic (exact) mass is 284 g/mol. The van der Waals surface area contributed by atoms with Crippen LogP contribution in [0.3, 0.4) is 0 Å². The van der Waals surface area contributed by atoms with Crippen LogP contribution in [-0.2, 0) is 0 Å². The largest absolute Gasteiger partial charge is 0.545 e. The molecular weight excluding hydrogens is 281 g/mol. The number of halogens is 2. The van der Waals surface area contributed by atoms with E-state index in [-0.39, 0.29) is 10.7 Å². The molecule has 0 aliphatic carbocycles. The Morgan fingerprint density at radius 2 is 2.13 bits per heavy atom. The molecule has 0 aliphatic heterocycles. The quantitative estimate of drug-likeness (QED) is 0.753. The van der Waals surface area contributed by atoms with Gasteiger partial charge in [0.25, 0.3) is 0 Å². The van der Waals surface area contributed by atoms with Crippen molar-refractivity contribution in [3.63, 3.8) is 0 Å². The number of carbonyl (C=O) groups excluding carboxylic acids is 1. The Hall–Kier alpha value is -1.13. The molecule has 0 N–H and O–H groups in total. The van der Waals surface area contributed by atoms with Gasteiger partial charge in [0.15, 0.2) is 0 Å².